The van der Waals surface area contributed by atoms with E-state index in [2.05, 4.69) is 21.6 Å². The van der Waals surface area contributed by atoms with Crippen molar-refractivity contribution in [3.05, 3.63) is 0 Å². The number of carbonyl (C=O) groups excluding carboxylic acids is 1. The van der Waals surface area contributed by atoms with Gasteiger partial charge in [0, 0.05) is 25.2 Å². The molecule has 0 unspecified atom stereocenters. The molecule has 0 aromatic heterocycles. The summed E-state index contributed by atoms with van der Waals surface area (Å²) in [5.74, 6) is 0.373. The molecule has 0 aromatic carbocycles. The molecule has 3 saturated heterocycles. The maximum Gasteiger partial charge on any atom is 0.236 e. The van der Waals surface area contributed by atoms with Gasteiger partial charge in [0.25, 0.3) is 0 Å². The summed E-state index contributed by atoms with van der Waals surface area (Å²) in [4.78, 5) is 19.9. The Balaban J connectivity index is 1.50. The molecule has 0 N–H and O–H groups in total. The second-order valence-corrected chi connectivity index (χ2v) is 7.56. The summed E-state index contributed by atoms with van der Waals surface area (Å²) >= 11 is 0. The summed E-state index contributed by atoms with van der Waals surface area (Å²) in [6.45, 7) is 8.68. The quantitative estimate of drug-likeness (QED) is 0.797. The number of rotatable bonds is 4. The van der Waals surface area contributed by atoms with Crippen LogP contribution in [0.4, 0.5) is 0 Å². The first-order valence-electron chi connectivity index (χ1n) is 9.50. The summed E-state index contributed by atoms with van der Waals surface area (Å²) in [5, 5.41) is 0. The number of nitrogens with zero attached hydrogens (tertiary/aromatic N) is 3. The van der Waals surface area contributed by atoms with Gasteiger partial charge >= 0.3 is 0 Å². The molecule has 1 amide bonds. The van der Waals surface area contributed by atoms with Crippen molar-refractivity contribution in [2.75, 3.05) is 39.3 Å². The van der Waals surface area contributed by atoms with E-state index in [0.29, 0.717) is 24.5 Å². The molecule has 0 bridgehead atoms. The van der Waals surface area contributed by atoms with Crippen LogP contribution in [0.3, 0.4) is 0 Å². The van der Waals surface area contributed by atoms with Gasteiger partial charge in [-0.15, -0.1) is 0 Å². The highest BCUT2D eigenvalue weighted by molar-refractivity contribution is 5.78. The Hall–Kier alpha value is -0.610. The van der Waals surface area contributed by atoms with Crippen LogP contribution in [0, 0.1) is 0 Å². The van der Waals surface area contributed by atoms with Gasteiger partial charge in [0.15, 0.2) is 0 Å². The van der Waals surface area contributed by atoms with Crippen LogP contribution in [0.2, 0.25) is 0 Å². The smallest absolute Gasteiger partial charge is 0.236 e. The lowest BCUT2D eigenvalue weighted by Crippen LogP contribution is -2.49. The number of piperidine rings is 2. The first-order chi connectivity index (χ1) is 10.7. The zero-order valence-corrected chi connectivity index (χ0v) is 14.3. The largest absolute Gasteiger partial charge is 0.339 e. The van der Waals surface area contributed by atoms with Gasteiger partial charge in [-0.25, -0.2) is 0 Å². The predicted molar refractivity (Wildman–Crippen MR) is 89.9 cm³/mol. The maximum atomic E-state index is 12.7. The number of hydrogen-bond acceptors (Lipinski definition) is 3. The molecular formula is C18H33N3O. The molecule has 0 spiro atoms. The SMILES string of the molecule is C[C@@H]1CCCCN1C(=O)CN1CCC[C@H]1CN1CCCCC1. The third-order valence-electron chi connectivity index (χ3n) is 5.88. The molecule has 0 saturated carbocycles. The molecule has 3 fully saturated rings. The van der Waals surface area contributed by atoms with Crippen molar-refractivity contribution in [3.63, 3.8) is 0 Å². The van der Waals surface area contributed by atoms with Crippen molar-refractivity contribution in [1.82, 2.24) is 14.7 Å². The molecule has 4 nitrogen and oxygen atoms in total. The fraction of sp³-hybridized carbons (Fsp3) is 0.944. The Kier molecular flexibility index (Phi) is 5.75. The van der Waals surface area contributed by atoms with Crippen molar-refractivity contribution in [3.8, 4) is 0 Å². The zero-order valence-electron chi connectivity index (χ0n) is 14.3. The van der Waals surface area contributed by atoms with E-state index in [0.717, 1.165) is 13.1 Å². The number of amides is 1. The standard InChI is InChI=1S/C18H33N3O/c1-16-8-3-6-13-21(16)18(22)15-20-12-7-9-17(20)14-19-10-4-2-5-11-19/h16-17H,2-15H2,1H3/t16-,17+/m1/s1. The van der Waals surface area contributed by atoms with Crippen molar-refractivity contribution in [2.45, 2.75) is 70.4 Å². The Morgan fingerprint density at radius 1 is 0.909 bits per heavy atom. The second-order valence-electron chi connectivity index (χ2n) is 7.56. The number of hydrogen-bond donors (Lipinski definition) is 0. The Morgan fingerprint density at radius 3 is 2.45 bits per heavy atom. The van der Waals surface area contributed by atoms with Crippen molar-refractivity contribution in [2.24, 2.45) is 0 Å². The molecule has 3 aliphatic heterocycles. The minimum Gasteiger partial charge on any atom is -0.339 e. The van der Waals surface area contributed by atoms with E-state index in [9.17, 15) is 4.79 Å². The van der Waals surface area contributed by atoms with E-state index in [1.165, 1.54) is 71.0 Å². The fourth-order valence-electron chi connectivity index (χ4n) is 4.48. The van der Waals surface area contributed by atoms with Gasteiger partial charge in [0.1, 0.15) is 0 Å². The summed E-state index contributed by atoms with van der Waals surface area (Å²) in [5.41, 5.74) is 0. The lowest BCUT2D eigenvalue weighted by Gasteiger charge is -2.36. The van der Waals surface area contributed by atoms with Gasteiger partial charge in [0.05, 0.1) is 6.54 Å². The summed E-state index contributed by atoms with van der Waals surface area (Å²) in [6, 6.07) is 1.06. The highest BCUT2D eigenvalue weighted by Crippen LogP contribution is 2.22. The topological polar surface area (TPSA) is 26.8 Å². The van der Waals surface area contributed by atoms with Gasteiger partial charge in [0.2, 0.25) is 5.91 Å². The predicted octanol–water partition coefficient (Wildman–Crippen LogP) is 2.34. The van der Waals surface area contributed by atoms with Crippen LogP contribution in [0.5, 0.6) is 0 Å². The lowest BCUT2D eigenvalue weighted by atomic mass is 10.0. The maximum absolute atomic E-state index is 12.7. The minimum absolute atomic E-state index is 0.373. The summed E-state index contributed by atoms with van der Waals surface area (Å²) in [6.07, 6.45) is 10.3. The van der Waals surface area contributed by atoms with E-state index < -0.39 is 0 Å². The summed E-state index contributed by atoms with van der Waals surface area (Å²) in [7, 11) is 0. The molecule has 0 aromatic rings. The average Bonchev–Trinajstić information content (AvgIpc) is 2.95. The van der Waals surface area contributed by atoms with Crippen molar-refractivity contribution >= 4 is 5.91 Å². The minimum atomic E-state index is 0.373. The first kappa shape index (κ1) is 16.3. The molecule has 4 heteroatoms. The third kappa shape index (κ3) is 4.02. The molecule has 22 heavy (non-hydrogen) atoms. The molecule has 0 aliphatic carbocycles. The Labute approximate surface area is 135 Å². The van der Waals surface area contributed by atoms with Crippen molar-refractivity contribution < 1.29 is 4.79 Å². The second kappa shape index (κ2) is 7.78. The molecule has 0 radical (unpaired) electrons. The Bertz CT molecular complexity index is 367. The first-order valence-corrected chi connectivity index (χ1v) is 9.50. The van der Waals surface area contributed by atoms with Crippen LogP contribution in [-0.4, -0.2) is 72.0 Å². The average molecular weight is 307 g/mol. The van der Waals surface area contributed by atoms with Crippen LogP contribution in [0.1, 0.15) is 58.3 Å². The number of likely N-dealkylation sites (tertiary alicyclic amines) is 3. The molecule has 126 valence electrons. The van der Waals surface area contributed by atoms with Gasteiger partial charge in [-0.1, -0.05) is 6.42 Å². The molecule has 2 atom stereocenters. The zero-order chi connectivity index (χ0) is 15.4. The lowest BCUT2D eigenvalue weighted by molar-refractivity contribution is -0.136. The van der Waals surface area contributed by atoms with Gasteiger partial charge < -0.3 is 9.80 Å². The van der Waals surface area contributed by atoms with Crippen LogP contribution in [0.15, 0.2) is 0 Å². The highest BCUT2D eigenvalue weighted by Gasteiger charge is 2.31. The van der Waals surface area contributed by atoms with Crippen LogP contribution < -0.4 is 0 Å². The highest BCUT2D eigenvalue weighted by atomic mass is 16.2. The van der Waals surface area contributed by atoms with Gasteiger partial charge in [-0.2, -0.15) is 0 Å². The molecular weight excluding hydrogens is 274 g/mol. The van der Waals surface area contributed by atoms with Crippen LogP contribution >= 0.6 is 0 Å². The van der Waals surface area contributed by atoms with Crippen molar-refractivity contribution in [1.29, 1.82) is 0 Å². The van der Waals surface area contributed by atoms with E-state index in [1.54, 1.807) is 0 Å². The van der Waals surface area contributed by atoms with E-state index in [4.69, 9.17) is 0 Å². The van der Waals surface area contributed by atoms with Gasteiger partial charge in [-0.3, -0.25) is 9.69 Å². The third-order valence-corrected chi connectivity index (χ3v) is 5.88. The van der Waals surface area contributed by atoms with Crippen LogP contribution in [0.25, 0.3) is 0 Å². The van der Waals surface area contributed by atoms with Crippen LogP contribution in [-0.2, 0) is 4.79 Å². The fourth-order valence-corrected chi connectivity index (χ4v) is 4.48. The van der Waals surface area contributed by atoms with E-state index >= 15 is 0 Å². The van der Waals surface area contributed by atoms with Gasteiger partial charge in [-0.05, 0) is 71.5 Å². The van der Waals surface area contributed by atoms with E-state index in [1.807, 2.05) is 0 Å². The number of carbonyl (C=O) groups is 1. The summed E-state index contributed by atoms with van der Waals surface area (Å²) < 4.78 is 0. The molecule has 3 rings (SSSR count). The molecule has 3 aliphatic rings. The normalized spacial score (nSPS) is 31.6. The monoisotopic (exact) mass is 307 g/mol. The molecule has 3 heterocycles. The Morgan fingerprint density at radius 2 is 1.68 bits per heavy atom. The van der Waals surface area contributed by atoms with E-state index in [-0.39, 0.29) is 0 Å².